The van der Waals surface area contributed by atoms with Crippen molar-refractivity contribution >= 4 is 35.0 Å². The van der Waals surface area contributed by atoms with E-state index in [-0.39, 0.29) is 11.4 Å². The minimum atomic E-state index is -1.57. The van der Waals surface area contributed by atoms with Crippen LogP contribution in [0.2, 0.25) is 0 Å². The molecule has 1 atom stereocenters. The number of imidazole rings is 1. The lowest BCUT2D eigenvalue weighted by atomic mass is 9.87. The SMILES string of the molecule is NC1(NC(=O)n2ccnc2)C=CC(Cl)(Cl)C=C1C(=O)c1ccccc1. The molecule has 0 aliphatic heterocycles. The smallest absolute Gasteiger partial charge is 0.312 e. The molecule has 25 heavy (non-hydrogen) atoms. The van der Waals surface area contributed by atoms with Gasteiger partial charge in [-0.15, -0.1) is 0 Å². The number of alkyl halides is 2. The number of amides is 1. The molecule has 0 saturated heterocycles. The topological polar surface area (TPSA) is 90.0 Å². The molecule has 8 heteroatoms. The van der Waals surface area contributed by atoms with Gasteiger partial charge in [0.2, 0.25) is 0 Å². The number of aromatic nitrogens is 2. The van der Waals surface area contributed by atoms with Crippen LogP contribution in [0.1, 0.15) is 10.4 Å². The van der Waals surface area contributed by atoms with E-state index in [1.165, 1.54) is 41.5 Å². The zero-order valence-electron chi connectivity index (χ0n) is 12.9. The standard InChI is InChI=1S/C17H14Cl2N4O2/c18-16(19)6-7-17(20,22-15(25)23-9-8-21-11-23)13(10-16)14(24)12-4-2-1-3-5-12/h1-11H,20H2,(H,22,25). The number of carbonyl (C=O) groups is 2. The number of benzene rings is 1. The second kappa shape index (κ2) is 6.48. The predicted octanol–water partition coefficient (Wildman–Crippen LogP) is 2.65. The van der Waals surface area contributed by atoms with E-state index < -0.39 is 16.0 Å². The normalized spacial score (nSPS) is 21.5. The number of nitrogens with two attached hydrogens (primary N) is 1. The van der Waals surface area contributed by atoms with Crippen molar-refractivity contribution in [2.24, 2.45) is 5.73 Å². The van der Waals surface area contributed by atoms with Crippen molar-refractivity contribution in [2.45, 2.75) is 10.00 Å². The number of ketones is 1. The summed E-state index contributed by atoms with van der Waals surface area (Å²) < 4.78 is -0.196. The highest BCUT2D eigenvalue weighted by molar-refractivity contribution is 6.51. The van der Waals surface area contributed by atoms with Crippen LogP contribution in [0.25, 0.3) is 0 Å². The van der Waals surface area contributed by atoms with Gasteiger partial charge in [0.15, 0.2) is 10.1 Å². The van der Waals surface area contributed by atoms with Crippen LogP contribution in [0.4, 0.5) is 4.79 Å². The second-order valence-electron chi connectivity index (χ2n) is 5.53. The average Bonchev–Trinajstić information content (AvgIpc) is 3.12. The van der Waals surface area contributed by atoms with Gasteiger partial charge in [0, 0.05) is 23.5 Å². The Hall–Kier alpha value is -2.41. The van der Waals surface area contributed by atoms with Crippen LogP contribution in [0.15, 0.2) is 72.9 Å². The maximum atomic E-state index is 12.9. The molecule has 1 aromatic carbocycles. The van der Waals surface area contributed by atoms with Crippen molar-refractivity contribution < 1.29 is 9.59 Å². The molecule has 0 fully saturated rings. The average molecular weight is 377 g/mol. The lowest BCUT2D eigenvalue weighted by Crippen LogP contribution is -2.59. The lowest BCUT2D eigenvalue weighted by Gasteiger charge is -2.34. The highest BCUT2D eigenvalue weighted by atomic mass is 35.5. The van der Waals surface area contributed by atoms with E-state index >= 15 is 0 Å². The quantitative estimate of drug-likeness (QED) is 0.373. The summed E-state index contributed by atoms with van der Waals surface area (Å²) in [5.41, 5.74) is 5.21. The van der Waals surface area contributed by atoms with Crippen LogP contribution in [0.3, 0.4) is 0 Å². The number of allylic oxidation sites excluding steroid dienone is 2. The molecular weight excluding hydrogens is 363 g/mol. The van der Waals surface area contributed by atoms with E-state index in [4.69, 9.17) is 28.9 Å². The molecule has 128 valence electrons. The maximum Gasteiger partial charge on any atom is 0.328 e. The summed E-state index contributed by atoms with van der Waals surface area (Å²) >= 11 is 12.3. The van der Waals surface area contributed by atoms with Crippen LogP contribution < -0.4 is 11.1 Å². The van der Waals surface area contributed by atoms with Gasteiger partial charge < -0.3 is 11.1 Å². The third-order valence-corrected chi connectivity index (χ3v) is 4.15. The van der Waals surface area contributed by atoms with Gasteiger partial charge in [-0.25, -0.2) is 9.78 Å². The molecule has 1 unspecified atom stereocenters. The summed E-state index contributed by atoms with van der Waals surface area (Å²) in [7, 11) is 0. The molecule has 0 radical (unpaired) electrons. The zero-order valence-corrected chi connectivity index (χ0v) is 14.4. The Morgan fingerprint density at radius 3 is 2.52 bits per heavy atom. The molecule has 3 rings (SSSR count). The van der Waals surface area contributed by atoms with E-state index in [0.717, 1.165) is 0 Å². The van der Waals surface area contributed by atoms with Crippen LogP contribution in [0.5, 0.6) is 0 Å². The van der Waals surface area contributed by atoms with E-state index in [1.807, 2.05) is 0 Å². The first kappa shape index (κ1) is 17.4. The number of nitrogens with one attached hydrogen (secondary N) is 1. The molecule has 1 aliphatic rings. The van der Waals surface area contributed by atoms with Crippen molar-refractivity contribution in [1.82, 2.24) is 14.9 Å². The maximum absolute atomic E-state index is 12.9. The fraction of sp³-hybridized carbons (Fsp3) is 0.118. The Balaban J connectivity index is 1.97. The van der Waals surface area contributed by atoms with E-state index in [9.17, 15) is 9.59 Å². The molecular formula is C17H14Cl2N4O2. The molecule has 2 aromatic rings. The number of Topliss-reactive ketones (excluding diaryl/α,β-unsaturated/α-hetero) is 1. The Morgan fingerprint density at radius 2 is 1.88 bits per heavy atom. The number of halogens is 2. The van der Waals surface area contributed by atoms with Gasteiger partial charge in [-0.2, -0.15) is 0 Å². The number of rotatable bonds is 3. The molecule has 0 spiro atoms. The summed E-state index contributed by atoms with van der Waals surface area (Å²) in [4.78, 5) is 29.0. The molecule has 3 N–H and O–H groups in total. The van der Waals surface area contributed by atoms with E-state index in [0.29, 0.717) is 5.56 Å². The first-order valence-corrected chi connectivity index (χ1v) is 8.07. The summed E-state index contributed by atoms with van der Waals surface area (Å²) in [5, 5.41) is 2.60. The van der Waals surface area contributed by atoms with Gasteiger partial charge in [0.1, 0.15) is 12.0 Å². The van der Waals surface area contributed by atoms with Crippen LogP contribution in [-0.2, 0) is 0 Å². The lowest BCUT2D eigenvalue weighted by molar-refractivity contribution is 0.102. The van der Waals surface area contributed by atoms with Crippen molar-refractivity contribution in [3.05, 3.63) is 78.4 Å². The highest BCUT2D eigenvalue weighted by Gasteiger charge is 2.40. The summed E-state index contributed by atoms with van der Waals surface area (Å²) in [6, 6.07) is 7.98. The van der Waals surface area contributed by atoms with Crippen LogP contribution in [0, 0.1) is 0 Å². The van der Waals surface area contributed by atoms with Gasteiger partial charge in [0.05, 0.1) is 0 Å². The first-order chi connectivity index (χ1) is 11.8. The third kappa shape index (κ3) is 3.66. The molecule has 1 heterocycles. The summed E-state index contributed by atoms with van der Waals surface area (Å²) in [6.07, 6.45) is 8.37. The zero-order chi connectivity index (χ0) is 18.1. The third-order valence-electron chi connectivity index (χ3n) is 3.68. The number of carbonyl (C=O) groups excluding carboxylic acids is 2. The Kier molecular flexibility index (Phi) is 4.51. The van der Waals surface area contributed by atoms with Crippen molar-refractivity contribution in [3.8, 4) is 0 Å². The highest BCUT2D eigenvalue weighted by Crippen LogP contribution is 2.35. The summed E-state index contributed by atoms with van der Waals surface area (Å²) in [6.45, 7) is 0. The molecule has 1 aromatic heterocycles. The number of nitrogens with zero attached hydrogens (tertiary/aromatic N) is 2. The molecule has 1 amide bonds. The van der Waals surface area contributed by atoms with E-state index in [1.54, 1.807) is 30.3 Å². The fourth-order valence-electron chi connectivity index (χ4n) is 2.42. The number of hydrogen-bond donors (Lipinski definition) is 2. The molecule has 1 aliphatic carbocycles. The Bertz CT molecular complexity index is 860. The van der Waals surface area contributed by atoms with Crippen LogP contribution >= 0.6 is 23.2 Å². The van der Waals surface area contributed by atoms with Gasteiger partial charge >= 0.3 is 6.03 Å². The first-order valence-electron chi connectivity index (χ1n) is 7.31. The van der Waals surface area contributed by atoms with Crippen molar-refractivity contribution in [1.29, 1.82) is 0 Å². The van der Waals surface area contributed by atoms with Gasteiger partial charge in [-0.3, -0.25) is 9.36 Å². The summed E-state index contributed by atoms with van der Waals surface area (Å²) in [5.74, 6) is -0.385. The predicted molar refractivity (Wildman–Crippen MR) is 95.5 cm³/mol. The fourth-order valence-corrected chi connectivity index (χ4v) is 2.76. The molecule has 0 saturated carbocycles. The minimum Gasteiger partial charge on any atom is -0.312 e. The second-order valence-corrected chi connectivity index (χ2v) is 6.97. The van der Waals surface area contributed by atoms with Gasteiger partial charge in [-0.1, -0.05) is 53.5 Å². The van der Waals surface area contributed by atoms with Crippen LogP contribution in [-0.4, -0.2) is 31.4 Å². The monoisotopic (exact) mass is 376 g/mol. The van der Waals surface area contributed by atoms with Gasteiger partial charge in [-0.05, 0) is 18.2 Å². The van der Waals surface area contributed by atoms with Crippen molar-refractivity contribution in [3.63, 3.8) is 0 Å². The largest absolute Gasteiger partial charge is 0.328 e. The van der Waals surface area contributed by atoms with Gasteiger partial charge in [0.25, 0.3) is 0 Å². The molecule has 6 nitrogen and oxygen atoms in total. The number of hydrogen-bond acceptors (Lipinski definition) is 4. The van der Waals surface area contributed by atoms with E-state index in [2.05, 4.69) is 10.3 Å². The van der Waals surface area contributed by atoms with Crippen molar-refractivity contribution in [2.75, 3.05) is 0 Å². The minimum absolute atomic E-state index is 0.0691. The molecule has 0 bridgehead atoms. The Labute approximate surface area is 153 Å². The Morgan fingerprint density at radius 1 is 1.16 bits per heavy atom.